The summed E-state index contributed by atoms with van der Waals surface area (Å²) >= 11 is 0. The van der Waals surface area contributed by atoms with Gasteiger partial charge in [0.05, 0.1) is 12.5 Å². The Morgan fingerprint density at radius 2 is 1.77 bits per heavy atom. The monoisotopic (exact) mass is 407 g/mol. The molecule has 154 valence electrons. The van der Waals surface area contributed by atoms with E-state index in [0.717, 1.165) is 16.7 Å². The Morgan fingerprint density at radius 3 is 2.50 bits per heavy atom. The van der Waals surface area contributed by atoms with Gasteiger partial charge in [-0.2, -0.15) is 0 Å². The van der Waals surface area contributed by atoms with E-state index in [0.29, 0.717) is 37.8 Å². The first kappa shape index (κ1) is 20.1. The summed E-state index contributed by atoms with van der Waals surface area (Å²) < 4.78 is 13.0. The number of rotatable bonds is 6. The summed E-state index contributed by atoms with van der Waals surface area (Å²) in [5.74, 6) is -0.671. The first-order valence-corrected chi connectivity index (χ1v) is 10.1. The Bertz CT molecular complexity index is 1030. The Morgan fingerprint density at radius 1 is 1.03 bits per heavy atom. The van der Waals surface area contributed by atoms with Crippen molar-refractivity contribution < 1.29 is 23.6 Å². The summed E-state index contributed by atoms with van der Waals surface area (Å²) in [7, 11) is 0. The highest BCUT2D eigenvalue weighted by Crippen LogP contribution is 2.29. The van der Waals surface area contributed by atoms with Crippen LogP contribution in [-0.4, -0.2) is 34.2 Å². The van der Waals surface area contributed by atoms with E-state index in [9.17, 15) is 23.6 Å². The van der Waals surface area contributed by atoms with Crippen LogP contribution in [0.3, 0.4) is 0 Å². The Labute approximate surface area is 173 Å². The first-order valence-electron chi connectivity index (χ1n) is 10.1. The van der Waals surface area contributed by atoms with Crippen molar-refractivity contribution in [3.05, 3.63) is 70.5 Å². The van der Waals surface area contributed by atoms with Crippen LogP contribution >= 0.6 is 0 Å². The van der Waals surface area contributed by atoms with E-state index in [1.54, 1.807) is 23.1 Å². The van der Waals surface area contributed by atoms with E-state index in [2.05, 4.69) is 0 Å². The van der Waals surface area contributed by atoms with Gasteiger partial charge in [-0.25, -0.2) is 4.39 Å². The fraction of sp³-hybridized carbons (Fsp3) is 0.333. The zero-order chi connectivity index (χ0) is 21.3. The molecule has 30 heavy (non-hydrogen) atoms. The molecular weight excluding hydrogens is 385 g/mol. The minimum atomic E-state index is -0.525. The van der Waals surface area contributed by atoms with Crippen molar-refractivity contribution in [3.8, 4) is 0 Å². The SMILES string of the molecule is O=C1CCC(N2Cc3cc(CCC(=O)Cc4ccc(F)cc4)ccc3C2=O)C(=O)C1. The van der Waals surface area contributed by atoms with Gasteiger partial charge < -0.3 is 4.90 Å². The molecule has 0 bridgehead atoms. The van der Waals surface area contributed by atoms with E-state index in [4.69, 9.17) is 0 Å². The molecule has 2 aliphatic rings. The van der Waals surface area contributed by atoms with Crippen molar-refractivity contribution in [1.29, 1.82) is 0 Å². The molecule has 1 heterocycles. The van der Waals surface area contributed by atoms with Gasteiger partial charge in [0.15, 0.2) is 5.78 Å². The van der Waals surface area contributed by atoms with E-state index in [1.807, 2.05) is 12.1 Å². The summed E-state index contributed by atoms with van der Waals surface area (Å²) in [4.78, 5) is 50.3. The molecule has 6 heteroatoms. The molecule has 1 amide bonds. The number of hydrogen-bond donors (Lipinski definition) is 0. The van der Waals surface area contributed by atoms with E-state index < -0.39 is 6.04 Å². The number of ketones is 3. The van der Waals surface area contributed by atoms with E-state index >= 15 is 0 Å². The number of Topliss-reactive ketones (excluding diaryl/α,β-unsaturated/α-hetero) is 3. The molecule has 1 atom stereocenters. The van der Waals surface area contributed by atoms with Crippen LogP contribution in [0.15, 0.2) is 42.5 Å². The second-order valence-electron chi connectivity index (χ2n) is 8.00. The maximum Gasteiger partial charge on any atom is 0.255 e. The number of aryl methyl sites for hydroxylation is 1. The third-order valence-corrected chi connectivity index (χ3v) is 5.82. The van der Waals surface area contributed by atoms with E-state index in [-0.39, 0.29) is 41.9 Å². The lowest BCUT2D eigenvalue weighted by Crippen LogP contribution is -2.44. The van der Waals surface area contributed by atoms with Crippen LogP contribution in [0.1, 0.15) is 52.7 Å². The number of hydrogen-bond acceptors (Lipinski definition) is 4. The molecule has 1 aliphatic carbocycles. The maximum absolute atomic E-state index is 13.0. The number of amides is 1. The maximum atomic E-state index is 13.0. The lowest BCUT2D eigenvalue weighted by atomic mass is 9.92. The quantitative estimate of drug-likeness (QED) is 0.690. The zero-order valence-corrected chi connectivity index (χ0v) is 16.5. The summed E-state index contributed by atoms with van der Waals surface area (Å²) in [5.41, 5.74) is 3.18. The van der Waals surface area contributed by atoms with Gasteiger partial charge in [-0.05, 0) is 47.7 Å². The molecule has 1 saturated carbocycles. The molecule has 0 spiro atoms. The van der Waals surface area contributed by atoms with Crippen LogP contribution in [0.2, 0.25) is 0 Å². The fourth-order valence-electron chi connectivity index (χ4n) is 4.19. The molecule has 1 unspecified atom stereocenters. The summed E-state index contributed by atoms with van der Waals surface area (Å²) in [6, 6.07) is 10.9. The normalized spacial score (nSPS) is 18.6. The second-order valence-corrected chi connectivity index (χ2v) is 8.00. The van der Waals surface area contributed by atoms with Crippen molar-refractivity contribution in [1.82, 2.24) is 4.90 Å². The molecule has 1 aliphatic heterocycles. The van der Waals surface area contributed by atoms with Crippen LogP contribution in [0.4, 0.5) is 4.39 Å². The molecule has 0 N–H and O–H groups in total. The van der Waals surface area contributed by atoms with Gasteiger partial charge >= 0.3 is 0 Å². The van der Waals surface area contributed by atoms with Gasteiger partial charge in [-0.15, -0.1) is 0 Å². The topological polar surface area (TPSA) is 71.5 Å². The molecule has 2 aromatic carbocycles. The highest BCUT2D eigenvalue weighted by molar-refractivity contribution is 6.07. The van der Waals surface area contributed by atoms with Gasteiger partial charge in [-0.1, -0.05) is 24.3 Å². The van der Waals surface area contributed by atoms with Crippen LogP contribution in [0.5, 0.6) is 0 Å². The Hall–Kier alpha value is -3.15. The van der Waals surface area contributed by atoms with Gasteiger partial charge in [0, 0.05) is 31.4 Å². The molecular formula is C24H22FNO4. The summed E-state index contributed by atoms with van der Waals surface area (Å²) in [6.45, 7) is 0.357. The minimum Gasteiger partial charge on any atom is -0.324 e. The van der Waals surface area contributed by atoms with Gasteiger partial charge in [0.1, 0.15) is 17.4 Å². The average molecular weight is 407 g/mol. The number of fused-ring (bicyclic) bond motifs is 1. The lowest BCUT2D eigenvalue weighted by Gasteiger charge is -2.29. The average Bonchev–Trinajstić information content (AvgIpc) is 3.04. The molecule has 0 saturated heterocycles. The lowest BCUT2D eigenvalue weighted by molar-refractivity contribution is -0.133. The van der Waals surface area contributed by atoms with Crippen molar-refractivity contribution in [3.63, 3.8) is 0 Å². The van der Waals surface area contributed by atoms with Crippen LogP contribution in [-0.2, 0) is 33.8 Å². The third kappa shape index (κ3) is 4.22. The Balaban J connectivity index is 1.38. The first-order chi connectivity index (χ1) is 14.4. The van der Waals surface area contributed by atoms with Crippen molar-refractivity contribution >= 4 is 23.3 Å². The number of carbonyl (C=O) groups is 4. The standard InChI is InChI=1S/C24H22FNO4/c25-18-5-1-16(2-6-18)12-19(27)7-3-15-4-9-21-17(11-15)14-26(24(21)30)22-10-8-20(28)13-23(22)29/h1-2,4-6,9,11,22H,3,7-8,10,12-14H2. The molecule has 4 rings (SSSR count). The number of halogens is 1. The number of carbonyl (C=O) groups excluding carboxylic acids is 4. The van der Waals surface area contributed by atoms with Crippen LogP contribution in [0.25, 0.3) is 0 Å². The Kier molecular flexibility index (Phi) is 5.57. The molecule has 0 aromatic heterocycles. The summed E-state index contributed by atoms with van der Waals surface area (Å²) in [6.07, 6.45) is 1.81. The number of nitrogens with zero attached hydrogens (tertiary/aromatic N) is 1. The van der Waals surface area contributed by atoms with Crippen LogP contribution in [0, 0.1) is 5.82 Å². The van der Waals surface area contributed by atoms with E-state index in [1.165, 1.54) is 12.1 Å². The molecule has 2 aromatic rings. The van der Waals surface area contributed by atoms with Crippen molar-refractivity contribution in [2.75, 3.05) is 0 Å². The second kappa shape index (κ2) is 8.30. The highest BCUT2D eigenvalue weighted by Gasteiger charge is 2.38. The minimum absolute atomic E-state index is 0.0620. The van der Waals surface area contributed by atoms with Crippen LogP contribution < -0.4 is 0 Å². The van der Waals surface area contributed by atoms with Gasteiger partial charge in [-0.3, -0.25) is 19.2 Å². The fourth-order valence-corrected chi connectivity index (χ4v) is 4.19. The zero-order valence-electron chi connectivity index (χ0n) is 16.5. The predicted octanol–water partition coefficient (Wildman–Crippen LogP) is 3.22. The molecule has 0 radical (unpaired) electrons. The van der Waals surface area contributed by atoms with Gasteiger partial charge in [0.25, 0.3) is 5.91 Å². The third-order valence-electron chi connectivity index (χ3n) is 5.82. The largest absolute Gasteiger partial charge is 0.324 e. The molecule has 1 fully saturated rings. The molecule has 5 nitrogen and oxygen atoms in total. The summed E-state index contributed by atoms with van der Waals surface area (Å²) in [5, 5.41) is 0. The predicted molar refractivity (Wildman–Crippen MR) is 107 cm³/mol. The smallest absolute Gasteiger partial charge is 0.255 e. The van der Waals surface area contributed by atoms with Crippen molar-refractivity contribution in [2.24, 2.45) is 0 Å². The van der Waals surface area contributed by atoms with Gasteiger partial charge in [0.2, 0.25) is 0 Å². The number of benzene rings is 2. The highest BCUT2D eigenvalue weighted by atomic mass is 19.1. The van der Waals surface area contributed by atoms with Crippen molar-refractivity contribution in [2.45, 2.75) is 51.1 Å².